The van der Waals surface area contributed by atoms with E-state index in [1.807, 2.05) is 0 Å². The van der Waals surface area contributed by atoms with Gasteiger partial charge in [0.25, 0.3) is 0 Å². The van der Waals surface area contributed by atoms with Crippen molar-refractivity contribution in [3.05, 3.63) is 46.9 Å². The molecule has 0 atom stereocenters. The van der Waals surface area contributed by atoms with Crippen LogP contribution in [-0.4, -0.2) is 13.4 Å². The maximum absolute atomic E-state index is 12.5. The minimum atomic E-state index is -3.52. The van der Waals surface area contributed by atoms with Crippen LogP contribution in [-0.2, 0) is 9.84 Å². The van der Waals surface area contributed by atoms with Gasteiger partial charge in [0.15, 0.2) is 5.13 Å². The van der Waals surface area contributed by atoms with E-state index in [4.69, 9.17) is 5.73 Å². The molecule has 7 heteroatoms. The van der Waals surface area contributed by atoms with E-state index in [9.17, 15) is 8.42 Å². The topological polar surface area (TPSA) is 73.0 Å². The molecule has 0 saturated heterocycles. The van der Waals surface area contributed by atoms with E-state index >= 15 is 0 Å². The van der Waals surface area contributed by atoms with Crippen molar-refractivity contribution >= 4 is 52.5 Å². The van der Waals surface area contributed by atoms with Crippen LogP contribution in [0.5, 0.6) is 0 Å². The normalized spacial score (nSPS) is 11.8. The largest absolute Gasteiger partial charge is 0.375 e. The first kappa shape index (κ1) is 13.5. The van der Waals surface area contributed by atoms with Crippen LogP contribution in [0.25, 0.3) is 10.2 Å². The molecule has 0 spiro atoms. The van der Waals surface area contributed by atoms with Gasteiger partial charge < -0.3 is 5.73 Å². The zero-order valence-corrected chi connectivity index (χ0v) is 13.3. The summed E-state index contributed by atoms with van der Waals surface area (Å²) in [7, 11) is -3.52. The van der Waals surface area contributed by atoms with E-state index in [-0.39, 0.29) is 9.79 Å². The first-order valence-electron chi connectivity index (χ1n) is 5.63. The van der Waals surface area contributed by atoms with Gasteiger partial charge in [-0.3, -0.25) is 0 Å². The Hall–Kier alpha value is -1.44. The van der Waals surface area contributed by atoms with Crippen LogP contribution in [0.1, 0.15) is 0 Å². The number of sulfone groups is 1. The van der Waals surface area contributed by atoms with Gasteiger partial charge >= 0.3 is 0 Å². The third-order valence-corrected chi connectivity index (χ3v) is 5.95. The second kappa shape index (κ2) is 4.83. The SMILES string of the molecule is Nc1nc2ccc(S(=O)(=O)c3ccc(Br)cc3)cc2s1. The van der Waals surface area contributed by atoms with Crippen LogP contribution in [0, 0.1) is 0 Å². The molecule has 0 amide bonds. The lowest BCUT2D eigenvalue weighted by atomic mass is 10.3. The second-order valence-electron chi connectivity index (χ2n) is 4.14. The predicted octanol–water partition coefficient (Wildman–Crippen LogP) is 3.47. The van der Waals surface area contributed by atoms with Crippen LogP contribution in [0.15, 0.2) is 56.7 Å². The Morgan fingerprint density at radius 3 is 2.40 bits per heavy atom. The highest BCUT2D eigenvalue weighted by Gasteiger charge is 2.18. The van der Waals surface area contributed by atoms with E-state index in [0.29, 0.717) is 10.6 Å². The van der Waals surface area contributed by atoms with Crippen molar-refractivity contribution in [2.75, 3.05) is 5.73 Å². The molecule has 0 radical (unpaired) electrons. The Labute approximate surface area is 128 Å². The molecular weight excluding hydrogens is 360 g/mol. The van der Waals surface area contributed by atoms with Crippen molar-refractivity contribution in [3.8, 4) is 0 Å². The summed E-state index contributed by atoms with van der Waals surface area (Å²) < 4.78 is 26.7. The highest BCUT2D eigenvalue weighted by atomic mass is 79.9. The van der Waals surface area contributed by atoms with Crippen molar-refractivity contribution in [1.82, 2.24) is 4.98 Å². The zero-order chi connectivity index (χ0) is 14.3. The molecule has 20 heavy (non-hydrogen) atoms. The number of thiazole rings is 1. The predicted molar refractivity (Wildman–Crippen MR) is 83.6 cm³/mol. The minimum Gasteiger partial charge on any atom is -0.375 e. The number of benzene rings is 2. The molecule has 0 unspecified atom stereocenters. The lowest BCUT2D eigenvalue weighted by Crippen LogP contribution is -2.01. The third kappa shape index (κ3) is 2.32. The Morgan fingerprint density at radius 2 is 1.70 bits per heavy atom. The van der Waals surface area contributed by atoms with E-state index < -0.39 is 9.84 Å². The van der Waals surface area contributed by atoms with Crippen molar-refractivity contribution < 1.29 is 8.42 Å². The van der Waals surface area contributed by atoms with E-state index in [2.05, 4.69) is 20.9 Å². The second-order valence-corrected chi connectivity index (χ2v) is 8.07. The van der Waals surface area contributed by atoms with Gasteiger partial charge in [0.2, 0.25) is 9.84 Å². The minimum absolute atomic E-state index is 0.246. The standard InChI is InChI=1S/C13H9BrN2O2S2/c14-8-1-3-9(4-2-8)20(17,18)10-5-6-11-12(7-10)19-13(15)16-11/h1-7H,(H2,15,16). The molecule has 2 aromatic carbocycles. The molecule has 0 aliphatic heterocycles. The quantitative estimate of drug-likeness (QED) is 0.751. The summed E-state index contributed by atoms with van der Waals surface area (Å²) in [5.74, 6) is 0. The van der Waals surface area contributed by atoms with E-state index in [1.165, 1.54) is 11.3 Å². The summed E-state index contributed by atoms with van der Waals surface area (Å²) in [5.41, 5.74) is 6.34. The number of nitrogen functional groups attached to an aromatic ring is 1. The van der Waals surface area contributed by atoms with E-state index in [1.54, 1.807) is 42.5 Å². The lowest BCUT2D eigenvalue weighted by molar-refractivity contribution is 0.596. The first-order valence-corrected chi connectivity index (χ1v) is 8.73. The number of anilines is 1. The third-order valence-electron chi connectivity index (χ3n) is 2.81. The number of halogens is 1. The summed E-state index contributed by atoms with van der Waals surface area (Å²) in [6, 6.07) is 11.4. The number of aromatic nitrogens is 1. The Kier molecular flexibility index (Phi) is 3.27. The number of hydrogen-bond donors (Lipinski definition) is 1. The number of nitrogens with zero attached hydrogens (tertiary/aromatic N) is 1. The molecule has 102 valence electrons. The van der Waals surface area contributed by atoms with Crippen LogP contribution in [0.3, 0.4) is 0 Å². The van der Waals surface area contributed by atoms with Gasteiger partial charge in [0.1, 0.15) is 0 Å². The fraction of sp³-hybridized carbons (Fsp3) is 0. The summed E-state index contributed by atoms with van der Waals surface area (Å²) in [5, 5.41) is 0.429. The molecule has 1 heterocycles. The number of nitrogens with two attached hydrogens (primary N) is 1. The molecule has 0 aliphatic rings. The fourth-order valence-electron chi connectivity index (χ4n) is 1.84. The van der Waals surface area contributed by atoms with Gasteiger partial charge in [-0.2, -0.15) is 0 Å². The average Bonchev–Trinajstić information content (AvgIpc) is 2.78. The Bertz CT molecular complexity index is 886. The smallest absolute Gasteiger partial charge is 0.206 e. The molecule has 2 N–H and O–H groups in total. The molecule has 0 fully saturated rings. The van der Waals surface area contributed by atoms with Crippen LogP contribution in [0.4, 0.5) is 5.13 Å². The van der Waals surface area contributed by atoms with Crippen molar-refractivity contribution in [3.63, 3.8) is 0 Å². The lowest BCUT2D eigenvalue weighted by Gasteiger charge is -2.04. The summed E-state index contributed by atoms with van der Waals surface area (Å²) >= 11 is 4.56. The number of fused-ring (bicyclic) bond motifs is 1. The summed E-state index contributed by atoms with van der Waals surface area (Å²) in [6.07, 6.45) is 0. The van der Waals surface area contributed by atoms with Gasteiger partial charge in [-0.05, 0) is 42.5 Å². The molecular formula is C13H9BrN2O2S2. The monoisotopic (exact) mass is 368 g/mol. The first-order chi connectivity index (χ1) is 9.46. The van der Waals surface area contributed by atoms with Gasteiger partial charge in [0, 0.05) is 4.47 Å². The molecule has 0 aliphatic carbocycles. The molecule has 4 nitrogen and oxygen atoms in total. The van der Waals surface area contributed by atoms with Crippen LogP contribution in [0.2, 0.25) is 0 Å². The maximum Gasteiger partial charge on any atom is 0.206 e. The van der Waals surface area contributed by atoms with Gasteiger partial charge in [-0.25, -0.2) is 13.4 Å². The van der Waals surface area contributed by atoms with Crippen molar-refractivity contribution in [2.45, 2.75) is 9.79 Å². The van der Waals surface area contributed by atoms with E-state index in [0.717, 1.165) is 9.17 Å². The Balaban J connectivity index is 2.15. The molecule has 1 aromatic heterocycles. The highest BCUT2D eigenvalue weighted by molar-refractivity contribution is 9.10. The zero-order valence-electron chi connectivity index (χ0n) is 10.1. The van der Waals surface area contributed by atoms with Crippen LogP contribution >= 0.6 is 27.3 Å². The van der Waals surface area contributed by atoms with Crippen molar-refractivity contribution in [1.29, 1.82) is 0 Å². The molecule has 0 bridgehead atoms. The van der Waals surface area contributed by atoms with Gasteiger partial charge in [0.05, 0.1) is 20.0 Å². The van der Waals surface area contributed by atoms with Crippen molar-refractivity contribution in [2.24, 2.45) is 0 Å². The summed E-state index contributed by atoms with van der Waals surface area (Å²) in [6.45, 7) is 0. The average molecular weight is 369 g/mol. The molecule has 3 aromatic rings. The fourth-order valence-corrected chi connectivity index (χ4v) is 4.24. The molecule has 3 rings (SSSR count). The Morgan fingerprint density at radius 1 is 1.05 bits per heavy atom. The summed E-state index contributed by atoms with van der Waals surface area (Å²) in [4.78, 5) is 4.62. The van der Waals surface area contributed by atoms with Gasteiger partial charge in [-0.15, -0.1) is 0 Å². The number of hydrogen-bond acceptors (Lipinski definition) is 5. The highest BCUT2D eigenvalue weighted by Crippen LogP contribution is 2.29. The number of rotatable bonds is 2. The molecule has 0 saturated carbocycles. The van der Waals surface area contributed by atoms with Crippen LogP contribution < -0.4 is 5.73 Å². The van der Waals surface area contributed by atoms with Gasteiger partial charge in [-0.1, -0.05) is 27.3 Å². The maximum atomic E-state index is 12.5.